The Morgan fingerprint density at radius 3 is 2.75 bits per heavy atom. The van der Waals surface area contributed by atoms with Crippen LogP contribution < -0.4 is 4.74 Å². The third-order valence-electron chi connectivity index (χ3n) is 1.81. The zero-order chi connectivity index (χ0) is 12.2. The lowest BCUT2D eigenvalue weighted by Crippen LogP contribution is -2.25. The smallest absolute Gasteiger partial charge is 0.222 e. The average Bonchev–Trinajstić information content (AvgIpc) is 2.24. The van der Waals surface area contributed by atoms with Crippen molar-refractivity contribution in [2.24, 2.45) is 4.40 Å². The van der Waals surface area contributed by atoms with Crippen LogP contribution in [0.4, 0.5) is 0 Å². The van der Waals surface area contributed by atoms with Crippen LogP contribution in [0.25, 0.3) is 0 Å². The highest BCUT2D eigenvalue weighted by molar-refractivity contribution is 7.91. The van der Waals surface area contributed by atoms with Gasteiger partial charge in [-0.25, -0.2) is 4.98 Å². The Bertz CT molecular complexity index is 374. The second-order valence-electron chi connectivity index (χ2n) is 4.20. The van der Waals surface area contributed by atoms with Crippen molar-refractivity contribution in [3.05, 3.63) is 23.9 Å². The molecule has 0 amide bonds. The molecule has 1 aromatic heterocycles. The van der Waals surface area contributed by atoms with Crippen molar-refractivity contribution in [1.29, 1.82) is 0 Å². The monoisotopic (exact) mass is 240 g/mol. The minimum Gasteiger partial charge on any atom is -0.591 e. The number of hydrogen-bond donors (Lipinski definition) is 0. The van der Waals surface area contributed by atoms with Crippen LogP contribution in [0.5, 0.6) is 5.88 Å². The van der Waals surface area contributed by atoms with E-state index in [2.05, 4.69) is 9.38 Å². The molecule has 0 fully saturated rings. The molecule has 0 aliphatic carbocycles. The van der Waals surface area contributed by atoms with Crippen molar-refractivity contribution in [2.75, 3.05) is 7.11 Å². The standard InChI is InChI=1S/C11H16N2O2S/c1-11(2,3)16(14)13-8-9-6-5-7-12-10(9)15-4/h5-8H,1-4H3. The van der Waals surface area contributed by atoms with Crippen LogP contribution in [0.1, 0.15) is 26.3 Å². The number of rotatable bonds is 3. The summed E-state index contributed by atoms with van der Waals surface area (Å²) in [6.07, 6.45) is 3.17. The topological polar surface area (TPSA) is 57.5 Å². The van der Waals surface area contributed by atoms with Crippen molar-refractivity contribution in [3.63, 3.8) is 0 Å². The lowest BCUT2D eigenvalue weighted by atomic mass is 10.3. The van der Waals surface area contributed by atoms with Gasteiger partial charge in [0.05, 0.1) is 18.9 Å². The van der Waals surface area contributed by atoms with Gasteiger partial charge in [-0.15, -0.1) is 0 Å². The first-order chi connectivity index (χ1) is 7.45. The number of aromatic nitrogens is 1. The third-order valence-corrected chi connectivity index (χ3v) is 3.15. The van der Waals surface area contributed by atoms with E-state index in [1.54, 1.807) is 19.4 Å². The molecular weight excluding hydrogens is 224 g/mol. The molecule has 0 saturated carbocycles. The third kappa shape index (κ3) is 3.50. The Morgan fingerprint density at radius 1 is 1.50 bits per heavy atom. The molecule has 0 saturated heterocycles. The Kier molecular flexibility index (Phi) is 4.32. The predicted octanol–water partition coefficient (Wildman–Crippen LogP) is 1.97. The van der Waals surface area contributed by atoms with E-state index in [-0.39, 0.29) is 4.75 Å². The Balaban J connectivity index is 2.84. The van der Waals surface area contributed by atoms with E-state index in [0.717, 1.165) is 5.56 Å². The van der Waals surface area contributed by atoms with Crippen molar-refractivity contribution in [2.45, 2.75) is 25.5 Å². The largest absolute Gasteiger partial charge is 0.591 e. The van der Waals surface area contributed by atoms with Crippen LogP contribution in [-0.4, -0.2) is 27.6 Å². The SMILES string of the molecule is COc1ncccc1C=N[S+]([O-])C(C)(C)C. The van der Waals surface area contributed by atoms with E-state index in [0.29, 0.717) is 5.88 Å². The number of methoxy groups -OCH3 is 1. The van der Waals surface area contributed by atoms with Crippen LogP contribution in [0, 0.1) is 0 Å². The van der Waals surface area contributed by atoms with E-state index in [1.165, 1.54) is 6.21 Å². The molecule has 4 nitrogen and oxygen atoms in total. The molecule has 0 bridgehead atoms. The molecule has 5 heteroatoms. The van der Waals surface area contributed by atoms with E-state index in [9.17, 15) is 4.55 Å². The summed E-state index contributed by atoms with van der Waals surface area (Å²) >= 11 is -1.26. The molecule has 0 spiro atoms. The second kappa shape index (κ2) is 5.32. The molecule has 1 aromatic rings. The molecule has 1 unspecified atom stereocenters. The second-order valence-corrected chi connectivity index (χ2v) is 6.13. The highest BCUT2D eigenvalue weighted by atomic mass is 32.2. The molecule has 0 aliphatic heterocycles. The summed E-state index contributed by atoms with van der Waals surface area (Å²) in [5.41, 5.74) is 0.725. The minimum absolute atomic E-state index is 0.355. The normalized spacial score (nSPS) is 14.1. The van der Waals surface area contributed by atoms with E-state index < -0.39 is 11.4 Å². The summed E-state index contributed by atoms with van der Waals surface area (Å²) in [6.45, 7) is 5.63. The maximum Gasteiger partial charge on any atom is 0.222 e. The quantitative estimate of drug-likeness (QED) is 0.599. The maximum atomic E-state index is 11.7. The number of hydrogen-bond acceptors (Lipinski definition) is 4. The summed E-state index contributed by atoms with van der Waals surface area (Å²) in [5.74, 6) is 0.483. The molecule has 0 radical (unpaired) electrons. The van der Waals surface area contributed by atoms with Crippen molar-refractivity contribution in [1.82, 2.24) is 4.98 Å². The molecule has 88 valence electrons. The summed E-state index contributed by atoms with van der Waals surface area (Å²) in [7, 11) is 1.54. The van der Waals surface area contributed by atoms with Crippen LogP contribution >= 0.6 is 0 Å². The number of ether oxygens (including phenoxy) is 1. The summed E-state index contributed by atoms with van der Waals surface area (Å²) in [6, 6.07) is 3.60. The van der Waals surface area contributed by atoms with Crippen molar-refractivity contribution in [3.8, 4) is 5.88 Å². The zero-order valence-electron chi connectivity index (χ0n) is 9.93. The van der Waals surface area contributed by atoms with Crippen LogP contribution in [0.3, 0.4) is 0 Å². The number of nitrogens with zero attached hydrogens (tertiary/aromatic N) is 2. The lowest BCUT2D eigenvalue weighted by Gasteiger charge is -2.17. The van der Waals surface area contributed by atoms with Gasteiger partial charge in [-0.3, -0.25) is 0 Å². The van der Waals surface area contributed by atoms with Gasteiger partial charge in [0.1, 0.15) is 16.1 Å². The lowest BCUT2D eigenvalue weighted by molar-refractivity contribution is 0.397. The molecule has 16 heavy (non-hydrogen) atoms. The zero-order valence-corrected chi connectivity index (χ0v) is 10.7. The highest BCUT2D eigenvalue weighted by Gasteiger charge is 2.25. The number of pyridine rings is 1. The molecule has 0 N–H and O–H groups in total. The Morgan fingerprint density at radius 2 is 2.19 bits per heavy atom. The average molecular weight is 240 g/mol. The predicted molar refractivity (Wildman–Crippen MR) is 66.3 cm³/mol. The molecule has 1 atom stereocenters. The van der Waals surface area contributed by atoms with Crippen LogP contribution in [0.2, 0.25) is 0 Å². The molecule has 0 aliphatic rings. The van der Waals surface area contributed by atoms with E-state index >= 15 is 0 Å². The molecule has 1 heterocycles. The first kappa shape index (κ1) is 13.0. The fourth-order valence-electron chi connectivity index (χ4n) is 0.935. The van der Waals surface area contributed by atoms with Gasteiger partial charge in [-0.1, -0.05) is 4.40 Å². The molecule has 0 aromatic carbocycles. The van der Waals surface area contributed by atoms with E-state index in [1.807, 2.05) is 26.8 Å². The molecular formula is C11H16N2O2S. The van der Waals surface area contributed by atoms with Crippen LogP contribution in [-0.2, 0) is 11.4 Å². The van der Waals surface area contributed by atoms with E-state index in [4.69, 9.17) is 4.74 Å². The van der Waals surface area contributed by atoms with Gasteiger partial charge in [0.15, 0.2) is 0 Å². The van der Waals surface area contributed by atoms with Gasteiger partial charge in [0.2, 0.25) is 5.88 Å². The minimum atomic E-state index is -1.26. The summed E-state index contributed by atoms with van der Waals surface area (Å²) < 4.78 is 20.4. The first-order valence-corrected chi connectivity index (χ1v) is 6.01. The van der Waals surface area contributed by atoms with Gasteiger partial charge in [-0.2, -0.15) is 0 Å². The van der Waals surface area contributed by atoms with Gasteiger partial charge in [0, 0.05) is 6.20 Å². The van der Waals surface area contributed by atoms with Crippen LogP contribution in [0.15, 0.2) is 22.7 Å². The fourth-order valence-corrected chi connectivity index (χ4v) is 1.46. The van der Waals surface area contributed by atoms with Gasteiger partial charge in [0.25, 0.3) is 0 Å². The highest BCUT2D eigenvalue weighted by Crippen LogP contribution is 2.18. The Hall–Kier alpha value is -1.07. The fraction of sp³-hybridized carbons (Fsp3) is 0.455. The van der Waals surface area contributed by atoms with Gasteiger partial charge < -0.3 is 9.29 Å². The maximum absolute atomic E-state index is 11.7. The Labute approximate surface area is 99.1 Å². The van der Waals surface area contributed by atoms with Crippen molar-refractivity contribution >= 4 is 17.6 Å². The summed E-state index contributed by atoms with van der Waals surface area (Å²) in [5, 5.41) is 0. The van der Waals surface area contributed by atoms with Gasteiger partial charge in [-0.05, 0) is 32.9 Å². The molecule has 1 rings (SSSR count). The first-order valence-electron chi connectivity index (χ1n) is 4.90. The van der Waals surface area contributed by atoms with Crippen molar-refractivity contribution < 1.29 is 9.29 Å². The van der Waals surface area contributed by atoms with Gasteiger partial charge >= 0.3 is 0 Å². The summed E-state index contributed by atoms with van der Waals surface area (Å²) in [4.78, 5) is 4.02.